The van der Waals surface area contributed by atoms with Gasteiger partial charge in [-0.15, -0.1) is 12.4 Å². The van der Waals surface area contributed by atoms with Crippen LogP contribution in [-0.2, 0) is 13.2 Å². The van der Waals surface area contributed by atoms with Gasteiger partial charge in [0.05, 0.1) is 0 Å². The van der Waals surface area contributed by atoms with Crippen molar-refractivity contribution in [3.05, 3.63) is 64.1 Å². The summed E-state index contributed by atoms with van der Waals surface area (Å²) >= 11 is 3.60. The molecule has 1 aliphatic carbocycles. The van der Waals surface area contributed by atoms with E-state index in [1.165, 1.54) is 56.1 Å². The van der Waals surface area contributed by atoms with Gasteiger partial charge in [-0.2, -0.15) is 0 Å². The molecule has 0 heterocycles. The van der Waals surface area contributed by atoms with Crippen LogP contribution >= 0.6 is 28.3 Å². The first-order valence-electron chi connectivity index (χ1n) is 9.50. The second-order valence-electron chi connectivity index (χ2n) is 6.95. The first kappa shape index (κ1) is 21.3. The summed E-state index contributed by atoms with van der Waals surface area (Å²) in [6.07, 6.45) is 9.50. The van der Waals surface area contributed by atoms with E-state index < -0.39 is 0 Å². The van der Waals surface area contributed by atoms with Gasteiger partial charge in [-0.1, -0.05) is 78.4 Å². The van der Waals surface area contributed by atoms with Crippen molar-refractivity contribution in [3.63, 3.8) is 0 Å². The van der Waals surface area contributed by atoms with E-state index in [1.807, 2.05) is 6.07 Å². The van der Waals surface area contributed by atoms with Crippen LogP contribution in [-0.4, -0.2) is 6.04 Å². The molecule has 0 aliphatic heterocycles. The van der Waals surface area contributed by atoms with Gasteiger partial charge in [-0.25, -0.2) is 0 Å². The van der Waals surface area contributed by atoms with Crippen LogP contribution in [0.3, 0.4) is 0 Å². The molecule has 26 heavy (non-hydrogen) atoms. The number of halogens is 2. The quantitative estimate of drug-likeness (QED) is 0.545. The predicted octanol–water partition coefficient (Wildman–Crippen LogP) is 6.65. The highest BCUT2D eigenvalue weighted by atomic mass is 79.9. The first-order chi connectivity index (χ1) is 12.3. The molecule has 1 N–H and O–H groups in total. The van der Waals surface area contributed by atoms with E-state index in [9.17, 15) is 0 Å². The van der Waals surface area contributed by atoms with Gasteiger partial charge in [0.1, 0.15) is 12.4 Å². The lowest BCUT2D eigenvalue weighted by molar-refractivity contribution is 0.300. The highest BCUT2D eigenvalue weighted by Crippen LogP contribution is 2.25. The Morgan fingerprint density at radius 2 is 1.62 bits per heavy atom. The molecule has 2 aromatic carbocycles. The Hall–Kier alpha value is -1.03. The van der Waals surface area contributed by atoms with Crippen LogP contribution in [0.1, 0.15) is 56.1 Å². The number of ether oxygens (including phenoxy) is 1. The van der Waals surface area contributed by atoms with Gasteiger partial charge >= 0.3 is 0 Å². The van der Waals surface area contributed by atoms with Gasteiger partial charge < -0.3 is 10.1 Å². The van der Waals surface area contributed by atoms with Crippen molar-refractivity contribution in [1.29, 1.82) is 0 Å². The Kier molecular flexibility index (Phi) is 9.52. The molecule has 2 aromatic rings. The van der Waals surface area contributed by atoms with Crippen LogP contribution in [0.5, 0.6) is 5.75 Å². The van der Waals surface area contributed by atoms with E-state index in [0.717, 1.165) is 16.8 Å². The molecule has 1 aliphatic rings. The van der Waals surface area contributed by atoms with E-state index in [-0.39, 0.29) is 12.4 Å². The third-order valence-corrected chi connectivity index (χ3v) is 5.44. The molecule has 1 saturated carbocycles. The Morgan fingerprint density at radius 1 is 0.923 bits per heavy atom. The average molecular weight is 439 g/mol. The zero-order valence-electron chi connectivity index (χ0n) is 15.3. The summed E-state index contributed by atoms with van der Waals surface area (Å²) in [4.78, 5) is 0. The van der Waals surface area contributed by atoms with E-state index in [2.05, 4.69) is 63.7 Å². The van der Waals surface area contributed by atoms with Crippen molar-refractivity contribution in [2.45, 2.75) is 64.1 Å². The fourth-order valence-corrected chi connectivity index (χ4v) is 3.89. The molecule has 0 atom stereocenters. The molecule has 0 bridgehead atoms. The summed E-state index contributed by atoms with van der Waals surface area (Å²) in [5.41, 5.74) is 2.43. The third-order valence-electron chi connectivity index (χ3n) is 4.95. The van der Waals surface area contributed by atoms with E-state index in [4.69, 9.17) is 4.74 Å². The zero-order chi connectivity index (χ0) is 17.3. The van der Waals surface area contributed by atoms with E-state index in [1.54, 1.807) is 0 Å². The summed E-state index contributed by atoms with van der Waals surface area (Å²) in [7, 11) is 0. The maximum Gasteiger partial charge on any atom is 0.124 e. The lowest BCUT2D eigenvalue weighted by Crippen LogP contribution is -2.29. The summed E-state index contributed by atoms with van der Waals surface area (Å²) in [5.74, 6) is 0.977. The number of hydrogen-bond acceptors (Lipinski definition) is 2. The Labute approximate surface area is 172 Å². The van der Waals surface area contributed by atoms with Crippen molar-refractivity contribution in [2.24, 2.45) is 0 Å². The SMILES string of the molecule is Brc1ccc(OCc2ccccc2)c(CNC2CCCCCCC2)c1.Cl. The van der Waals surface area contributed by atoms with Crippen molar-refractivity contribution >= 4 is 28.3 Å². The minimum absolute atomic E-state index is 0. The second-order valence-corrected chi connectivity index (χ2v) is 7.86. The van der Waals surface area contributed by atoms with Crippen LogP contribution in [0.4, 0.5) is 0 Å². The number of hydrogen-bond donors (Lipinski definition) is 1. The molecular formula is C22H29BrClNO. The van der Waals surface area contributed by atoms with Crippen LogP contribution in [0.2, 0.25) is 0 Å². The molecule has 1 fully saturated rings. The summed E-state index contributed by atoms with van der Waals surface area (Å²) in [5, 5.41) is 3.77. The summed E-state index contributed by atoms with van der Waals surface area (Å²) in [6, 6.07) is 17.3. The van der Waals surface area contributed by atoms with Crippen LogP contribution in [0.15, 0.2) is 53.0 Å². The standard InChI is InChI=1S/C22H28BrNO.ClH/c23-20-13-14-22(25-17-18-9-5-4-6-10-18)19(15-20)16-24-21-11-7-2-1-3-8-12-21;/h4-6,9-10,13-15,21,24H,1-3,7-8,11-12,16-17H2;1H. The predicted molar refractivity (Wildman–Crippen MR) is 115 cm³/mol. The molecule has 0 amide bonds. The molecule has 2 nitrogen and oxygen atoms in total. The first-order valence-corrected chi connectivity index (χ1v) is 10.3. The van der Waals surface area contributed by atoms with Gasteiger partial charge in [-0.05, 0) is 36.6 Å². The van der Waals surface area contributed by atoms with Crippen molar-refractivity contribution in [3.8, 4) is 5.75 Å². The van der Waals surface area contributed by atoms with E-state index in [0.29, 0.717) is 12.6 Å². The molecule has 3 rings (SSSR count). The zero-order valence-corrected chi connectivity index (χ0v) is 17.7. The normalized spacial score (nSPS) is 15.6. The van der Waals surface area contributed by atoms with Crippen LogP contribution < -0.4 is 10.1 Å². The molecule has 0 aromatic heterocycles. The number of rotatable bonds is 6. The van der Waals surface area contributed by atoms with Crippen LogP contribution in [0, 0.1) is 0 Å². The maximum absolute atomic E-state index is 6.10. The molecule has 0 radical (unpaired) electrons. The Balaban J connectivity index is 0.00000243. The molecule has 0 unspecified atom stereocenters. The lowest BCUT2D eigenvalue weighted by Gasteiger charge is -2.22. The Morgan fingerprint density at radius 3 is 2.35 bits per heavy atom. The number of nitrogens with one attached hydrogen (secondary N) is 1. The van der Waals surface area contributed by atoms with Gasteiger partial charge in [-0.3, -0.25) is 0 Å². The number of benzene rings is 2. The Bertz CT molecular complexity index is 642. The average Bonchev–Trinajstić information content (AvgIpc) is 2.61. The third kappa shape index (κ3) is 6.94. The highest BCUT2D eigenvalue weighted by molar-refractivity contribution is 9.10. The monoisotopic (exact) mass is 437 g/mol. The lowest BCUT2D eigenvalue weighted by atomic mass is 9.96. The van der Waals surface area contributed by atoms with Gasteiger partial charge in [0.25, 0.3) is 0 Å². The minimum atomic E-state index is 0. The van der Waals surface area contributed by atoms with E-state index >= 15 is 0 Å². The minimum Gasteiger partial charge on any atom is -0.489 e. The smallest absolute Gasteiger partial charge is 0.124 e. The second kappa shape index (κ2) is 11.6. The molecule has 0 saturated heterocycles. The fraction of sp³-hybridized carbons (Fsp3) is 0.455. The van der Waals surface area contributed by atoms with Crippen molar-refractivity contribution in [1.82, 2.24) is 5.32 Å². The molecular weight excluding hydrogens is 410 g/mol. The van der Waals surface area contributed by atoms with Gasteiger partial charge in [0.2, 0.25) is 0 Å². The summed E-state index contributed by atoms with van der Waals surface area (Å²) < 4.78 is 7.21. The molecule has 0 spiro atoms. The largest absolute Gasteiger partial charge is 0.489 e. The fourth-order valence-electron chi connectivity index (χ4n) is 3.48. The van der Waals surface area contributed by atoms with Crippen LogP contribution in [0.25, 0.3) is 0 Å². The van der Waals surface area contributed by atoms with Crippen molar-refractivity contribution < 1.29 is 4.74 Å². The maximum atomic E-state index is 6.10. The molecule has 142 valence electrons. The topological polar surface area (TPSA) is 21.3 Å². The summed E-state index contributed by atoms with van der Waals surface area (Å²) in [6.45, 7) is 1.48. The van der Waals surface area contributed by atoms with Gasteiger partial charge in [0.15, 0.2) is 0 Å². The van der Waals surface area contributed by atoms with Crippen molar-refractivity contribution in [2.75, 3.05) is 0 Å². The highest BCUT2D eigenvalue weighted by Gasteiger charge is 2.12. The molecule has 4 heteroatoms. The van der Waals surface area contributed by atoms with Gasteiger partial charge in [0, 0.05) is 22.6 Å².